The van der Waals surface area contributed by atoms with E-state index in [0.717, 1.165) is 42.7 Å². The van der Waals surface area contributed by atoms with Gasteiger partial charge in [0.1, 0.15) is 0 Å². The average molecular weight is 377 g/mol. The third-order valence-corrected chi connectivity index (χ3v) is 4.35. The molecule has 4 nitrogen and oxygen atoms in total. The van der Waals surface area contributed by atoms with Crippen LogP contribution in [-0.4, -0.2) is 18.5 Å². The number of alkyl halides is 3. The summed E-state index contributed by atoms with van der Waals surface area (Å²) in [6, 6.07) is 13.0. The molecule has 142 valence electrons. The molecule has 0 spiro atoms. The van der Waals surface area contributed by atoms with Crippen LogP contribution < -0.4 is 5.32 Å². The summed E-state index contributed by atoms with van der Waals surface area (Å²) in [5.41, 5.74) is 0.0898. The van der Waals surface area contributed by atoms with Crippen molar-refractivity contribution in [3.8, 4) is 0 Å². The van der Waals surface area contributed by atoms with Gasteiger partial charge in [0, 0.05) is 0 Å². The molecule has 7 heteroatoms. The Kier molecular flexibility index (Phi) is 5.48. The van der Waals surface area contributed by atoms with E-state index < -0.39 is 30.2 Å². The molecule has 1 N–H and O–H groups in total. The molecule has 1 aliphatic rings. The van der Waals surface area contributed by atoms with Gasteiger partial charge in [0.2, 0.25) is 0 Å². The smallest absolute Gasteiger partial charge is 0.416 e. The highest BCUT2D eigenvalue weighted by Gasteiger charge is 2.33. The topological polar surface area (TPSA) is 55.4 Å². The Morgan fingerprint density at radius 2 is 1.67 bits per heavy atom. The van der Waals surface area contributed by atoms with Crippen molar-refractivity contribution >= 4 is 11.9 Å². The van der Waals surface area contributed by atoms with Crippen molar-refractivity contribution in [1.29, 1.82) is 0 Å². The molecule has 1 unspecified atom stereocenters. The summed E-state index contributed by atoms with van der Waals surface area (Å²) < 4.78 is 42.5. The SMILES string of the molecule is O=C(COC(=O)c1ccc(C(F)(F)F)cc1)NC(c1ccccc1)C1CC1. The summed E-state index contributed by atoms with van der Waals surface area (Å²) in [5, 5.41) is 2.87. The van der Waals surface area contributed by atoms with Gasteiger partial charge >= 0.3 is 12.1 Å². The van der Waals surface area contributed by atoms with Crippen LogP contribution in [0.5, 0.6) is 0 Å². The van der Waals surface area contributed by atoms with Crippen LogP contribution in [0.3, 0.4) is 0 Å². The normalized spacial score (nSPS) is 15.1. The van der Waals surface area contributed by atoms with Gasteiger partial charge in [0.15, 0.2) is 6.61 Å². The van der Waals surface area contributed by atoms with E-state index in [2.05, 4.69) is 5.32 Å². The second-order valence-electron chi connectivity index (χ2n) is 6.44. The fourth-order valence-corrected chi connectivity index (χ4v) is 2.79. The third-order valence-electron chi connectivity index (χ3n) is 4.35. The first-order valence-electron chi connectivity index (χ1n) is 8.53. The van der Waals surface area contributed by atoms with Gasteiger partial charge in [0.05, 0.1) is 17.2 Å². The molecule has 0 radical (unpaired) electrons. The zero-order chi connectivity index (χ0) is 19.4. The number of hydrogen-bond donors (Lipinski definition) is 1. The van der Waals surface area contributed by atoms with Crippen molar-refractivity contribution in [2.45, 2.75) is 25.1 Å². The lowest BCUT2D eigenvalue weighted by Gasteiger charge is -2.18. The molecular weight excluding hydrogens is 359 g/mol. The van der Waals surface area contributed by atoms with Gasteiger partial charge in [0.25, 0.3) is 5.91 Å². The molecule has 1 atom stereocenters. The van der Waals surface area contributed by atoms with E-state index in [0.29, 0.717) is 5.92 Å². The van der Waals surface area contributed by atoms with Crippen molar-refractivity contribution in [3.05, 3.63) is 71.3 Å². The van der Waals surface area contributed by atoms with Gasteiger partial charge < -0.3 is 10.1 Å². The van der Waals surface area contributed by atoms with E-state index in [9.17, 15) is 22.8 Å². The molecule has 2 aromatic rings. The van der Waals surface area contributed by atoms with Crippen LogP contribution in [0, 0.1) is 5.92 Å². The minimum absolute atomic E-state index is 0.0439. The molecule has 0 heterocycles. The second-order valence-corrected chi connectivity index (χ2v) is 6.44. The fraction of sp³-hybridized carbons (Fsp3) is 0.300. The minimum Gasteiger partial charge on any atom is -0.452 e. The van der Waals surface area contributed by atoms with Gasteiger partial charge in [-0.05, 0) is 48.6 Å². The number of ether oxygens (including phenoxy) is 1. The van der Waals surface area contributed by atoms with Gasteiger partial charge in [-0.1, -0.05) is 30.3 Å². The number of nitrogens with one attached hydrogen (secondary N) is 1. The Labute approximate surface area is 154 Å². The largest absolute Gasteiger partial charge is 0.452 e. The predicted molar refractivity (Wildman–Crippen MR) is 91.8 cm³/mol. The van der Waals surface area contributed by atoms with Gasteiger partial charge in [-0.25, -0.2) is 4.79 Å². The lowest BCUT2D eigenvalue weighted by molar-refractivity contribution is -0.137. The summed E-state index contributed by atoms with van der Waals surface area (Å²) in [5.74, 6) is -0.931. The highest BCUT2D eigenvalue weighted by molar-refractivity contribution is 5.91. The molecule has 0 aromatic heterocycles. The van der Waals surface area contributed by atoms with Gasteiger partial charge in [-0.2, -0.15) is 13.2 Å². The van der Waals surface area contributed by atoms with E-state index in [1.54, 1.807) is 0 Å². The molecule has 1 aliphatic carbocycles. The first kappa shape index (κ1) is 18.9. The zero-order valence-electron chi connectivity index (χ0n) is 14.3. The van der Waals surface area contributed by atoms with Crippen LogP contribution >= 0.6 is 0 Å². The number of esters is 1. The summed E-state index contributed by atoms with van der Waals surface area (Å²) in [7, 11) is 0. The lowest BCUT2D eigenvalue weighted by Crippen LogP contribution is -2.33. The molecule has 1 saturated carbocycles. The second kappa shape index (κ2) is 7.82. The quantitative estimate of drug-likeness (QED) is 0.770. The highest BCUT2D eigenvalue weighted by Crippen LogP contribution is 2.40. The molecule has 3 rings (SSSR count). The van der Waals surface area contributed by atoms with Gasteiger partial charge in [-0.3, -0.25) is 4.79 Å². The number of carbonyl (C=O) groups is 2. The maximum absolute atomic E-state index is 12.5. The van der Waals surface area contributed by atoms with Crippen LogP contribution in [0.15, 0.2) is 54.6 Å². The molecule has 0 aliphatic heterocycles. The van der Waals surface area contributed by atoms with Gasteiger partial charge in [-0.15, -0.1) is 0 Å². The summed E-state index contributed by atoms with van der Waals surface area (Å²) in [4.78, 5) is 24.1. The predicted octanol–water partition coefficient (Wildman–Crippen LogP) is 4.13. The number of benzene rings is 2. The summed E-state index contributed by atoms with van der Waals surface area (Å²) >= 11 is 0. The molecule has 0 bridgehead atoms. The Balaban J connectivity index is 1.54. The monoisotopic (exact) mass is 377 g/mol. The molecule has 2 aromatic carbocycles. The van der Waals surface area contributed by atoms with Crippen LogP contribution in [0.25, 0.3) is 0 Å². The minimum atomic E-state index is -4.47. The highest BCUT2D eigenvalue weighted by atomic mass is 19.4. The lowest BCUT2D eigenvalue weighted by atomic mass is 10.0. The van der Waals surface area contributed by atoms with Crippen molar-refractivity contribution in [2.24, 2.45) is 5.92 Å². The maximum atomic E-state index is 12.5. The average Bonchev–Trinajstić information content (AvgIpc) is 3.49. The molecular formula is C20H18F3NO3. The molecule has 27 heavy (non-hydrogen) atoms. The van der Waals surface area contributed by atoms with Crippen LogP contribution in [0.4, 0.5) is 13.2 Å². The first-order chi connectivity index (χ1) is 12.8. The van der Waals surface area contributed by atoms with E-state index in [4.69, 9.17) is 4.74 Å². The fourth-order valence-electron chi connectivity index (χ4n) is 2.79. The number of amides is 1. The molecule has 1 amide bonds. The maximum Gasteiger partial charge on any atom is 0.416 e. The summed E-state index contributed by atoms with van der Waals surface area (Å²) in [6.07, 6.45) is -2.44. The summed E-state index contributed by atoms with van der Waals surface area (Å²) in [6.45, 7) is -0.490. The molecule has 0 saturated heterocycles. The third kappa shape index (κ3) is 5.09. The van der Waals surface area contributed by atoms with Crippen molar-refractivity contribution in [1.82, 2.24) is 5.32 Å². The Hall–Kier alpha value is -2.83. The van der Waals surface area contributed by atoms with E-state index in [1.807, 2.05) is 30.3 Å². The molecule has 1 fully saturated rings. The Bertz CT molecular complexity index is 799. The van der Waals surface area contributed by atoms with Crippen LogP contribution in [0.1, 0.15) is 40.4 Å². The van der Waals surface area contributed by atoms with E-state index >= 15 is 0 Å². The van der Waals surface area contributed by atoms with Crippen molar-refractivity contribution in [2.75, 3.05) is 6.61 Å². The number of rotatable bonds is 6. The van der Waals surface area contributed by atoms with Crippen LogP contribution in [0.2, 0.25) is 0 Å². The Morgan fingerprint density at radius 3 is 2.22 bits per heavy atom. The number of carbonyl (C=O) groups excluding carboxylic acids is 2. The van der Waals surface area contributed by atoms with E-state index in [1.165, 1.54) is 0 Å². The number of halogens is 3. The number of hydrogen-bond acceptors (Lipinski definition) is 3. The standard InChI is InChI=1S/C20H18F3NO3/c21-20(22,23)16-10-8-15(9-11-16)19(26)27-12-17(25)24-18(14-6-7-14)13-4-2-1-3-5-13/h1-5,8-11,14,18H,6-7,12H2,(H,24,25). The first-order valence-corrected chi connectivity index (χ1v) is 8.53. The Morgan fingerprint density at radius 1 is 1.04 bits per heavy atom. The van der Waals surface area contributed by atoms with Crippen molar-refractivity contribution in [3.63, 3.8) is 0 Å². The zero-order valence-corrected chi connectivity index (χ0v) is 14.3. The van der Waals surface area contributed by atoms with E-state index in [-0.39, 0.29) is 11.6 Å². The van der Waals surface area contributed by atoms with Crippen molar-refractivity contribution < 1.29 is 27.5 Å². The van der Waals surface area contributed by atoms with Crippen LogP contribution in [-0.2, 0) is 15.7 Å².